The molecule has 1 saturated carbocycles. The van der Waals surface area contributed by atoms with Crippen LogP contribution >= 0.6 is 0 Å². The fourth-order valence-electron chi connectivity index (χ4n) is 4.70. The van der Waals surface area contributed by atoms with Crippen molar-refractivity contribution in [1.82, 2.24) is 20.3 Å². The van der Waals surface area contributed by atoms with Crippen LogP contribution in [0.5, 0.6) is 0 Å². The highest BCUT2D eigenvalue weighted by atomic mass is 16.5. The maximum atomic E-state index is 12.2. The van der Waals surface area contributed by atoms with Gasteiger partial charge in [0, 0.05) is 0 Å². The third kappa shape index (κ3) is 6.06. The first-order chi connectivity index (χ1) is 14.3. The Kier molecular flexibility index (Phi) is 7.50. The number of aromatic amines is 1. The number of carboxylic acids is 1. The summed E-state index contributed by atoms with van der Waals surface area (Å²) in [5.74, 6) is 0.799. The molecular weight excluding hydrogens is 382 g/mol. The van der Waals surface area contributed by atoms with Crippen LogP contribution in [0.4, 0.5) is 5.82 Å². The molecule has 30 heavy (non-hydrogen) atoms. The van der Waals surface area contributed by atoms with E-state index in [0.29, 0.717) is 18.3 Å². The molecule has 8 heteroatoms. The number of aliphatic carboxylic acids is 1. The summed E-state index contributed by atoms with van der Waals surface area (Å²) in [5.41, 5.74) is -0.413. The molecule has 0 radical (unpaired) electrons. The normalized spacial score (nSPS) is 17.6. The molecule has 2 heterocycles. The first-order valence-corrected chi connectivity index (χ1v) is 11.1. The number of hydrogen-bond acceptors (Lipinski definition) is 6. The summed E-state index contributed by atoms with van der Waals surface area (Å²) in [6.07, 6.45) is 11.1. The third-order valence-electron chi connectivity index (χ3n) is 6.19. The molecule has 1 aliphatic carbocycles. The molecule has 0 bridgehead atoms. The van der Waals surface area contributed by atoms with E-state index in [1.54, 1.807) is 6.20 Å². The van der Waals surface area contributed by atoms with Crippen LogP contribution in [0.2, 0.25) is 0 Å². The molecule has 0 saturated heterocycles. The molecule has 1 aliphatic rings. The topological polar surface area (TPSA) is 117 Å². The average Bonchev–Trinajstić information content (AvgIpc) is 3.37. The number of H-pyrrole nitrogens is 1. The Bertz CT molecular complexity index is 775. The highest BCUT2D eigenvalue weighted by Crippen LogP contribution is 2.41. The van der Waals surface area contributed by atoms with Crippen LogP contribution in [0.1, 0.15) is 89.8 Å². The molecule has 2 aromatic rings. The summed E-state index contributed by atoms with van der Waals surface area (Å²) >= 11 is 0. The predicted octanol–water partition coefficient (Wildman–Crippen LogP) is 4.99. The quantitative estimate of drug-likeness (QED) is 0.499. The minimum absolute atomic E-state index is 0.292. The number of rotatable bonds is 10. The van der Waals surface area contributed by atoms with Crippen molar-refractivity contribution >= 4 is 11.8 Å². The van der Waals surface area contributed by atoms with E-state index in [0.717, 1.165) is 31.0 Å². The van der Waals surface area contributed by atoms with Crippen LogP contribution in [-0.4, -0.2) is 31.4 Å². The smallest absolute Gasteiger partial charge is 0.307 e. The zero-order chi connectivity index (χ0) is 21.6. The molecule has 0 amide bonds. The van der Waals surface area contributed by atoms with Crippen LogP contribution in [-0.2, 0) is 11.3 Å². The first-order valence-electron chi connectivity index (χ1n) is 11.1. The molecule has 0 spiro atoms. The van der Waals surface area contributed by atoms with Crippen LogP contribution in [0.3, 0.4) is 0 Å². The van der Waals surface area contributed by atoms with E-state index >= 15 is 0 Å². The molecule has 166 valence electrons. The summed E-state index contributed by atoms with van der Waals surface area (Å²) in [6.45, 7) is 6.29. The van der Waals surface area contributed by atoms with Crippen LogP contribution in [0, 0.1) is 17.3 Å². The highest BCUT2D eigenvalue weighted by Gasteiger charge is 2.41. The molecular formula is C22H35N5O3. The Hall–Kier alpha value is -2.38. The number of aromatic nitrogens is 4. The molecule has 1 fully saturated rings. The lowest BCUT2D eigenvalue weighted by Gasteiger charge is -2.32. The number of nitrogens with one attached hydrogen (secondary N) is 2. The molecule has 0 aromatic carbocycles. The van der Waals surface area contributed by atoms with E-state index in [4.69, 9.17) is 4.52 Å². The van der Waals surface area contributed by atoms with Gasteiger partial charge in [-0.1, -0.05) is 70.9 Å². The van der Waals surface area contributed by atoms with Crippen molar-refractivity contribution in [3.05, 3.63) is 24.0 Å². The monoisotopic (exact) mass is 417 g/mol. The summed E-state index contributed by atoms with van der Waals surface area (Å²) in [5, 5.41) is 24.0. The van der Waals surface area contributed by atoms with E-state index < -0.39 is 17.3 Å². The maximum absolute atomic E-state index is 12.2. The lowest BCUT2D eigenvalue weighted by atomic mass is 9.71. The van der Waals surface area contributed by atoms with Crippen molar-refractivity contribution < 1.29 is 14.4 Å². The lowest BCUT2D eigenvalue weighted by molar-refractivity contribution is -0.147. The van der Waals surface area contributed by atoms with E-state index in [9.17, 15) is 9.90 Å². The Morgan fingerprint density at radius 3 is 2.73 bits per heavy atom. The Balaban J connectivity index is 1.70. The summed E-state index contributed by atoms with van der Waals surface area (Å²) in [4.78, 5) is 16.8. The number of carbonyl (C=O) groups is 1. The summed E-state index contributed by atoms with van der Waals surface area (Å²) < 4.78 is 5.58. The lowest BCUT2D eigenvalue weighted by Crippen LogP contribution is -2.34. The van der Waals surface area contributed by atoms with Gasteiger partial charge in [-0.3, -0.25) is 9.89 Å². The number of anilines is 1. The largest absolute Gasteiger partial charge is 0.481 e. The second kappa shape index (κ2) is 10.1. The van der Waals surface area contributed by atoms with Crippen molar-refractivity contribution in [3.8, 4) is 0 Å². The summed E-state index contributed by atoms with van der Waals surface area (Å²) in [7, 11) is 0. The van der Waals surface area contributed by atoms with E-state index in [-0.39, 0.29) is 5.92 Å². The van der Waals surface area contributed by atoms with Gasteiger partial charge in [0.2, 0.25) is 5.89 Å². The van der Waals surface area contributed by atoms with Crippen molar-refractivity contribution in [3.63, 3.8) is 0 Å². The fraction of sp³-hybridized carbons (Fsp3) is 0.727. The molecule has 2 aromatic heterocycles. The zero-order valence-corrected chi connectivity index (χ0v) is 18.4. The van der Waals surface area contributed by atoms with Gasteiger partial charge in [0.05, 0.1) is 24.6 Å². The Labute approximate surface area is 178 Å². The SMILES string of the molecule is CC(C)(C)C(C(=O)O)[C@@H](CCCC1CCCCC1)c1nc(CNc2ccn[nH]2)no1. The maximum Gasteiger partial charge on any atom is 0.307 e. The van der Waals surface area contributed by atoms with Crippen LogP contribution in [0.25, 0.3) is 0 Å². The van der Waals surface area contributed by atoms with Gasteiger partial charge in [0.1, 0.15) is 5.82 Å². The van der Waals surface area contributed by atoms with Gasteiger partial charge in [0.25, 0.3) is 0 Å². The minimum atomic E-state index is -0.805. The van der Waals surface area contributed by atoms with Gasteiger partial charge in [-0.2, -0.15) is 10.1 Å². The Morgan fingerprint density at radius 2 is 2.10 bits per heavy atom. The van der Waals surface area contributed by atoms with Crippen molar-refractivity contribution in [2.45, 2.75) is 84.6 Å². The molecule has 0 aliphatic heterocycles. The van der Waals surface area contributed by atoms with Gasteiger partial charge >= 0.3 is 5.97 Å². The number of nitrogens with zero attached hydrogens (tertiary/aromatic N) is 3. The minimum Gasteiger partial charge on any atom is -0.481 e. The number of hydrogen-bond donors (Lipinski definition) is 3. The van der Waals surface area contributed by atoms with Crippen LogP contribution < -0.4 is 5.32 Å². The van der Waals surface area contributed by atoms with E-state index in [1.807, 2.05) is 26.8 Å². The second-order valence-corrected chi connectivity index (χ2v) is 9.60. The zero-order valence-electron chi connectivity index (χ0n) is 18.4. The first kappa shape index (κ1) is 22.3. The summed E-state index contributed by atoms with van der Waals surface area (Å²) in [6, 6.07) is 1.81. The van der Waals surface area contributed by atoms with Crippen LogP contribution in [0.15, 0.2) is 16.8 Å². The molecule has 3 N–H and O–H groups in total. The van der Waals surface area contributed by atoms with Gasteiger partial charge < -0.3 is 14.9 Å². The van der Waals surface area contributed by atoms with Crippen molar-refractivity contribution in [1.29, 1.82) is 0 Å². The highest BCUT2D eigenvalue weighted by molar-refractivity contribution is 5.72. The Morgan fingerprint density at radius 1 is 1.33 bits per heavy atom. The second-order valence-electron chi connectivity index (χ2n) is 9.60. The van der Waals surface area contributed by atoms with Gasteiger partial charge in [-0.05, 0) is 23.8 Å². The van der Waals surface area contributed by atoms with Gasteiger partial charge in [0.15, 0.2) is 5.82 Å². The number of carboxylic acid groups (broad SMARTS) is 1. The van der Waals surface area contributed by atoms with E-state index in [1.165, 1.54) is 32.1 Å². The molecule has 8 nitrogen and oxygen atoms in total. The van der Waals surface area contributed by atoms with Gasteiger partial charge in [-0.15, -0.1) is 0 Å². The van der Waals surface area contributed by atoms with E-state index in [2.05, 4.69) is 25.7 Å². The molecule has 3 rings (SSSR count). The predicted molar refractivity (Wildman–Crippen MR) is 114 cm³/mol. The van der Waals surface area contributed by atoms with Crippen molar-refractivity contribution in [2.75, 3.05) is 5.32 Å². The standard InChI is InChI=1S/C22H35N5O3/c1-22(2,3)19(21(28)29)16(11-7-10-15-8-5-4-6-9-15)20-25-18(27-30-20)14-23-17-12-13-24-26-17/h12-13,15-16,19H,4-11,14H2,1-3H3,(H,28,29)(H2,23,24,26)/t16-,19?/m1/s1. The third-order valence-corrected chi connectivity index (χ3v) is 6.19. The van der Waals surface area contributed by atoms with Crippen molar-refractivity contribution in [2.24, 2.45) is 17.3 Å². The molecule has 1 unspecified atom stereocenters. The fourth-order valence-corrected chi connectivity index (χ4v) is 4.70. The van der Waals surface area contributed by atoms with Gasteiger partial charge in [-0.25, -0.2) is 0 Å². The molecule has 2 atom stereocenters. The average molecular weight is 418 g/mol.